The van der Waals surface area contributed by atoms with E-state index in [-0.39, 0.29) is 24.6 Å². The van der Waals surface area contributed by atoms with Gasteiger partial charge in [-0.25, -0.2) is 0 Å². The molecule has 1 aliphatic rings. The summed E-state index contributed by atoms with van der Waals surface area (Å²) in [6, 6.07) is 17.0. The monoisotopic (exact) mass is 367 g/mol. The van der Waals surface area contributed by atoms with Gasteiger partial charge in [0.2, 0.25) is 5.91 Å². The Bertz CT molecular complexity index is 834. The first-order chi connectivity index (χ1) is 12.8. The van der Waals surface area contributed by atoms with Crippen molar-refractivity contribution in [1.29, 1.82) is 0 Å². The molecule has 1 fully saturated rings. The average Bonchev–Trinajstić information content (AvgIpc) is 2.90. The number of hydrogen-bond donors (Lipinski definition) is 1. The fourth-order valence-electron chi connectivity index (χ4n) is 3.06. The first-order valence-corrected chi connectivity index (χ1v) is 8.89. The molecule has 1 atom stereocenters. The highest BCUT2D eigenvalue weighted by atomic mass is 16.5. The van der Waals surface area contributed by atoms with Crippen LogP contribution in [-0.4, -0.2) is 43.0 Å². The second-order valence-corrected chi connectivity index (χ2v) is 7.30. The van der Waals surface area contributed by atoms with Crippen LogP contribution < -0.4 is 15.0 Å². The Kier molecular flexibility index (Phi) is 5.19. The molecule has 0 saturated carbocycles. The number of carbonyl (C=O) groups is 2. The number of hydrogen-bond acceptors (Lipinski definition) is 4. The van der Waals surface area contributed by atoms with Crippen molar-refractivity contribution in [2.45, 2.75) is 25.6 Å². The van der Waals surface area contributed by atoms with E-state index in [2.05, 4.69) is 5.32 Å². The number of likely N-dealkylation sites (N-methyl/N-ethyl adjacent to an activating group) is 1. The van der Waals surface area contributed by atoms with E-state index in [1.807, 2.05) is 68.4 Å². The molecule has 3 rings (SSSR count). The summed E-state index contributed by atoms with van der Waals surface area (Å²) in [7, 11) is 3.38. The smallest absolute Gasteiger partial charge is 0.259 e. The largest absolute Gasteiger partial charge is 0.483 e. The average molecular weight is 367 g/mol. The summed E-state index contributed by atoms with van der Waals surface area (Å²) < 4.78 is 5.79. The molecule has 1 heterocycles. The van der Waals surface area contributed by atoms with Crippen molar-refractivity contribution in [2.75, 3.05) is 25.6 Å². The van der Waals surface area contributed by atoms with Gasteiger partial charge in [-0.05, 0) is 32.0 Å². The first-order valence-electron chi connectivity index (χ1n) is 8.89. The van der Waals surface area contributed by atoms with E-state index in [1.165, 1.54) is 4.90 Å². The van der Waals surface area contributed by atoms with Crippen molar-refractivity contribution in [3.63, 3.8) is 0 Å². The van der Waals surface area contributed by atoms with Crippen molar-refractivity contribution in [2.24, 2.45) is 0 Å². The van der Waals surface area contributed by atoms with Gasteiger partial charge in [0.05, 0.1) is 5.54 Å². The van der Waals surface area contributed by atoms with E-state index < -0.39 is 5.54 Å². The van der Waals surface area contributed by atoms with Crippen molar-refractivity contribution in [1.82, 2.24) is 10.2 Å². The van der Waals surface area contributed by atoms with Crippen LogP contribution >= 0.6 is 0 Å². The molecular formula is C21H25N3O3. The number of rotatable bonds is 5. The van der Waals surface area contributed by atoms with Crippen LogP contribution in [0.25, 0.3) is 0 Å². The van der Waals surface area contributed by atoms with E-state index in [0.29, 0.717) is 5.75 Å². The zero-order chi connectivity index (χ0) is 19.6. The lowest BCUT2D eigenvalue weighted by molar-refractivity contribution is -0.130. The summed E-state index contributed by atoms with van der Waals surface area (Å²) in [5, 5.41) is 3.40. The van der Waals surface area contributed by atoms with Crippen LogP contribution in [-0.2, 0) is 9.59 Å². The molecule has 1 N–H and O–H groups in total. The SMILES string of the molecule is CN(C)C(=O)COc1ccccc1C1NC(C)(C)C(=O)N1c1ccccc1. The normalized spacial score (nSPS) is 18.4. The van der Waals surface area contributed by atoms with Gasteiger partial charge in [0.15, 0.2) is 6.61 Å². The summed E-state index contributed by atoms with van der Waals surface area (Å²) in [6.45, 7) is 3.67. The number of nitrogens with one attached hydrogen (secondary N) is 1. The Morgan fingerprint density at radius 2 is 1.74 bits per heavy atom. The lowest BCUT2D eigenvalue weighted by atomic mass is 10.1. The Labute approximate surface area is 159 Å². The van der Waals surface area contributed by atoms with Crippen LogP contribution in [0.2, 0.25) is 0 Å². The lowest BCUT2D eigenvalue weighted by Gasteiger charge is -2.26. The van der Waals surface area contributed by atoms with Gasteiger partial charge in [-0.15, -0.1) is 0 Å². The highest BCUT2D eigenvalue weighted by Crippen LogP contribution is 2.38. The minimum absolute atomic E-state index is 0.0159. The minimum Gasteiger partial charge on any atom is -0.483 e. The molecule has 6 nitrogen and oxygen atoms in total. The van der Waals surface area contributed by atoms with E-state index in [4.69, 9.17) is 4.74 Å². The van der Waals surface area contributed by atoms with Gasteiger partial charge in [-0.2, -0.15) is 0 Å². The van der Waals surface area contributed by atoms with Crippen molar-refractivity contribution < 1.29 is 14.3 Å². The van der Waals surface area contributed by atoms with Gasteiger partial charge in [0.25, 0.3) is 5.91 Å². The maximum Gasteiger partial charge on any atom is 0.259 e. The maximum absolute atomic E-state index is 13.0. The predicted octanol–water partition coefficient (Wildman–Crippen LogP) is 2.57. The molecule has 0 aliphatic carbocycles. The molecule has 0 spiro atoms. The fourth-order valence-corrected chi connectivity index (χ4v) is 3.06. The third-order valence-electron chi connectivity index (χ3n) is 4.61. The first kappa shape index (κ1) is 18.9. The van der Waals surface area contributed by atoms with Gasteiger partial charge in [0.1, 0.15) is 11.9 Å². The third-order valence-corrected chi connectivity index (χ3v) is 4.61. The van der Waals surface area contributed by atoms with Crippen LogP contribution in [0.15, 0.2) is 54.6 Å². The zero-order valence-electron chi connectivity index (χ0n) is 16.1. The van der Waals surface area contributed by atoms with Gasteiger partial charge < -0.3 is 9.64 Å². The van der Waals surface area contributed by atoms with E-state index in [0.717, 1.165) is 11.3 Å². The fraction of sp³-hybridized carbons (Fsp3) is 0.333. The predicted molar refractivity (Wildman–Crippen MR) is 105 cm³/mol. The molecule has 0 bridgehead atoms. The summed E-state index contributed by atoms with van der Waals surface area (Å²) in [4.78, 5) is 28.2. The topological polar surface area (TPSA) is 61.9 Å². The van der Waals surface area contributed by atoms with E-state index >= 15 is 0 Å². The van der Waals surface area contributed by atoms with E-state index in [1.54, 1.807) is 19.0 Å². The number of anilines is 1. The summed E-state index contributed by atoms with van der Waals surface area (Å²) in [6.07, 6.45) is -0.388. The van der Waals surface area contributed by atoms with Crippen LogP contribution in [0.5, 0.6) is 5.75 Å². The Morgan fingerprint density at radius 1 is 1.11 bits per heavy atom. The van der Waals surface area contributed by atoms with Crippen LogP contribution in [0.1, 0.15) is 25.6 Å². The second-order valence-electron chi connectivity index (χ2n) is 7.30. The Balaban J connectivity index is 1.96. The second kappa shape index (κ2) is 7.40. The summed E-state index contributed by atoms with van der Waals surface area (Å²) in [5.41, 5.74) is 0.907. The maximum atomic E-state index is 13.0. The lowest BCUT2D eigenvalue weighted by Crippen LogP contribution is -2.40. The van der Waals surface area contributed by atoms with Gasteiger partial charge in [-0.1, -0.05) is 36.4 Å². The number of ether oxygens (including phenoxy) is 1. The number of carbonyl (C=O) groups excluding carboxylic acids is 2. The minimum atomic E-state index is -0.715. The number of amides is 2. The molecule has 2 aromatic carbocycles. The molecule has 2 aromatic rings. The number of benzene rings is 2. The zero-order valence-corrected chi connectivity index (χ0v) is 16.1. The Hall–Kier alpha value is -2.86. The third kappa shape index (κ3) is 3.80. The summed E-state index contributed by atoms with van der Waals surface area (Å²) >= 11 is 0. The van der Waals surface area contributed by atoms with Gasteiger partial charge >= 0.3 is 0 Å². The molecule has 0 aromatic heterocycles. The van der Waals surface area contributed by atoms with Crippen molar-refractivity contribution in [3.05, 3.63) is 60.2 Å². The standard InChI is InChI=1S/C21H25N3O3/c1-21(2)20(26)24(15-10-6-5-7-11-15)19(22-21)16-12-8-9-13-17(16)27-14-18(25)23(3)4/h5-13,19,22H,14H2,1-4H3. The van der Waals surface area contributed by atoms with Crippen molar-refractivity contribution >= 4 is 17.5 Å². The number of para-hydroxylation sites is 2. The molecular weight excluding hydrogens is 342 g/mol. The molecule has 1 unspecified atom stereocenters. The van der Waals surface area contributed by atoms with Gasteiger partial charge in [-0.3, -0.25) is 19.8 Å². The highest BCUT2D eigenvalue weighted by Gasteiger charge is 2.46. The highest BCUT2D eigenvalue weighted by molar-refractivity contribution is 6.02. The molecule has 0 radical (unpaired) electrons. The van der Waals surface area contributed by atoms with Crippen molar-refractivity contribution in [3.8, 4) is 5.75 Å². The summed E-state index contributed by atoms with van der Waals surface area (Å²) in [5.74, 6) is 0.440. The molecule has 1 aliphatic heterocycles. The molecule has 142 valence electrons. The van der Waals surface area contributed by atoms with E-state index in [9.17, 15) is 9.59 Å². The molecule has 1 saturated heterocycles. The number of nitrogens with zero attached hydrogens (tertiary/aromatic N) is 2. The van der Waals surface area contributed by atoms with Crippen LogP contribution in [0.3, 0.4) is 0 Å². The van der Waals surface area contributed by atoms with Gasteiger partial charge in [0, 0.05) is 25.3 Å². The quantitative estimate of drug-likeness (QED) is 0.882. The molecule has 27 heavy (non-hydrogen) atoms. The van der Waals surface area contributed by atoms with Crippen LogP contribution in [0.4, 0.5) is 5.69 Å². The molecule has 2 amide bonds. The van der Waals surface area contributed by atoms with Crippen LogP contribution in [0, 0.1) is 0 Å². The Morgan fingerprint density at radius 3 is 2.41 bits per heavy atom. The molecule has 6 heteroatoms.